The number of carbonyl (C=O) groups excluding carboxylic acids is 2. The van der Waals surface area contributed by atoms with Crippen LogP contribution in [0.4, 0.5) is 5.69 Å². The number of hydrogen-bond acceptors (Lipinski definition) is 3. The third-order valence-corrected chi connectivity index (χ3v) is 6.62. The maximum Gasteiger partial charge on any atom is 0.230 e. The lowest BCUT2D eigenvalue weighted by Gasteiger charge is -2.31. The van der Waals surface area contributed by atoms with Gasteiger partial charge in [-0.3, -0.25) is 14.6 Å². The summed E-state index contributed by atoms with van der Waals surface area (Å²) in [6, 6.07) is 7.92. The van der Waals surface area contributed by atoms with Crippen LogP contribution in [0.1, 0.15) is 56.9 Å². The molecule has 2 aliphatic carbocycles. The number of benzene rings is 1. The summed E-state index contributed by atoms with van der Waals surface area (Å²) in [5, 5.41) is 9.76. The number of hydrogen-bond donors (Lipinski definition) is 3. The average Bonchev–Trinajstić information content (AvgIpc) is 3.46. The number of carbonyl (C=O) groups is 2. The Hall–Kier alpha value is -1.84. The molecule has 0 atom stereocenters. The van der Waals surface area contributed by atoms with Gasteiger partial charge in [0.15, 0.2) is 5.96 Å². The van der Waals surface area contributed by atoms with Crippen molar-refractivity contribution < 1.29 is 9.59 Å². The molecule has 8 heteroatoms. The minimum absolute atomic E-state index is 0. The second-order valence-corrected chi connectivity index (χ2v) is 9.14. The average molecular weight is 556 g/mol. The molecule has 0 unspecified atom stereocenters. The van der Waals surface area contributed by atoms with Gasteiger partial charge in [-0.2, -0.15) is 0 Å². The molecular weight excluding hydrogens is 517 g/mol. The molecule has 3 rings (SSSR count). The lowest BCUT2D eigenvalue weighted by Crippen LogP contribution is -2.49. The third kappa shape index (κ3) is 6.83. The van der Waals surface area contributed by atoms with Crippen LogP contribution in [0.2, 0.25) is 0 Å². The topological polar surface area (TPSA) is 85.8 Å². The number of anilines is 1. The van der Waals surface area contributed by atoms with Crippen molar-refractivity contribution in [2.24, 2.45) is 16.3 Å². The van der Waals surface area contributed by atoms with Crippen LogP contribution < -0.4 is 16.0 Å². The van der Waals surface area contributed by atoms with Gasteiger partial charge in [0.05, 0.1) is 5.41 Å². The van der Waals surface area contributed by atoms with Gasteiger partial charge in [0.1, 0.15) is 0 Å². The van der Waals surface area contributed by atoms with E-state index >= 15 is 0 Å². The van der Waals surface area contributed by atoms with Crippen LogP contribution in [-0.4, -0.2) is 50.4 Å². The minimum atomic E-state index is -0.342. The number of halogens is 1. The molecule has 0 aliphatic heterocycles. The van der Waals surface area contributed by atoms with Crippen LogP contribution in [0.5, 0.6) is 0 Å². The molecular formula is C24H38IN5O2. The maximum atomic E-state index is 12.8. The molecule has 1 aromatic rings. The van der Waals surface area contributed by atoms with Crippen LogP contribution in [0, 0.1) is 11.3 Å². The SMILES string of the molecule is CN=C(NCc1cccc(NC(=O)C2CCCC2)c1)NCC1(C(=O)N(C)C)CCCC1.I. The van der Waals surface area contributed by atoms with Crippen LogP contribution in [-0.2, 0) is 16.1 Å². The molecule has 0 aromatic heterocycles. The van der Waals surface area contributed by atoms with E-state index in [1.54, 1.807) is 11.9 Å². The van der Waals surface area contributed by atoms with Gasteiger partial charge < -0.3 is 20.9 Å². The van der Waals surface area contributed by atoms with Crippen LogP contribution in [0.15, 0.2) is 29.3 Å². The van der Waals surface area contributed by atoms with Crippen molar-refractivity contribution >= 4 is 47.4 Å². The van der Waals surface area contributed by atoms with E-state index in [0.29, 0.717) is 19.0 Å². The van der Waals surface area contributed by atoms with Gasteiger partial charge in [0, 0.05) is 45.8 Å². The van der Waals surface area contributed by atoms with E-state index in [0.717, 1.165) is 62.6 Å². The van der Waals surface area contributed by atoms with Gasteiger partial charge in [-0.15, -0.1) is 24.0 Å². The number of amides is 2. The fourth-order valence-electron chi connectivity index (χ4n) is 4.84. The molecule has 0 saturated heterocycles. The lowest BCUT2D eigenvalue weighted by molar-refractivity contribution is -0.138. The van der Waals surface area contributed by atoms with Crippen molar-refractivity contribution in [3.8, 4) is 0 Å². The Bertz CT molecular complexity index is 799. The Labute approximate surface area is 209 Å². The number of guanidine groups is 1. The first-order chi connectivity index (χ1) is 14.9. The quantitative estimate of drug-likeness (QED) is 0.272. The zero-order valence-corrected chi connectivity index (χ0v) is 21.9. The predicted molar refractivity (Wildman–Crippen MR) is 140 cm³/mol. The summed E-state index contributed by atoms with van der Waals surface area (Å²) in [5.41, 5.74) is 1.55. The minimum Gasteiger partial charge on any atom is -0.355 e. The summed E-state index contributed by atoms with van der Waals surface area (Å²) in [4.78, 5) is 31.2. The molecule has 0 bridgehead atoms. The van der Waals surface area contributed by atoms with Crippen molar-refractivity contribution in [3.05, 3.63) is 29.8 Å². The number of rotatable bonds is 7. The van der Waals surface area contributed by atoms with Crippen molar-refractivity contribution in [1.29, 1.82) is 0 Å². The smallest absolute Gasteiger partial charge is 0.230 e. The molecule has 0 radical (unpaired) electrons. The monoisotopic (exact) mass is 555 g/mol. The zero-order chi connectivity index (χ0) is 22.3. The molecule has 2 saturated carbocycles. The van der Waals surface area contributed by atoms with E-state index in [9.17, 15) is 9.59 Å². The highest BCUT2D eigenvalue weighted by Crippen LogP contribution is 2.38. The summed E-state index contributed by atoms with van der Waals surface area (Å²) in [7, 11) is 5.39. The Kier molecular flexibility index (Phi) is 10.2. The first-order valence-electron chi connectivity index (χ1n) is 11.5. The molecule has 32 heavy (non-hydrogen) atoms. The first kappa shape index (κ1) is 26.4. The molecule has 0 heterocycles. The normalized spacial score (nSPS) is 18.0. The number of nitrogens with zero attached hydrogens (tertiary/aromatic N) is 2. The maximum absolute atomic E-state index is 12.8. The van der Waals surface area contributed by atoms with Crippen LogP contribution in [0.3, 0.4) is 0 Å². The van der Waals surface area contributed by atoms with Crippen LogP contribution in [0.25, 0.3) is 0 Å². The van der Waals surface area contributed by atoms with Gasteiger partial charge >= 0.3 is 0 Å². The molecule has 2 amide bonds. The third-order valence-electron chi connectivity index (χ3n) is 6.62. The van der Waals surface area contributed by atoms with Gasteiger partial charge in [-0.05, 0) is 43.4 Å². The second-order valence-electron chi connectivity index (χ2n) is 9.14. The molecule has 1 aromatic carbocycles. The largest absolute Gasteiger partial charge is 0.355 e. The standard InChI is InChI=1S/C24H37N5O2.HI/c1-25-23(27-17-24(13-6-7-14-24)22(31)29(2)3)26-16-18-9-8-12-20(15-18)28-21(30)19-10-4-5-11-19;/h8-9,12,15,19H,4-7,10-11,13-14,16-17H2,1-3H3,(H,28,30)(H2,25,26,27);1H. The van der Waals surface area contributed by atoms with E-state index in [-0.39, 0.29) is 47.1 Å². The first-order valence-corrected chi connectivity index (χ1v) is 11.5. The van der Waals surface area contributed by atoms with Crippen molar-refractivity contribution in [2.45, 2.75) is 57.9 Å². The summed E-state index contributed by atoms with van der Waals surface area (Å²) < 4.78 is 0. The molecule has 3 N–H and O–H groups in total. The van der Waals surface area contributed by atoms with E-state index in [1.165, 1.54) is 0 Å². The van der Waals surface area contributed by atoms with Crippen molar-refractivity contribution in [3.63, 3.8) is 0 Å². The van der Waals surface area contributed by atoms with Gasteiger partial charge in [0.2, 0.25) is 11.8 Å². The lowest BCUT2D eigenvalue weighted by atomic mass is 9.84. The van der Waals surface area contributed by atoms with Crippen molar-refractivity contribution in [1.82, 2.24) is 15.5 Å². The van der Waals surface area contributed by atoms with E-state index in [4.69, 9.17) is 0 Å². The van der Waals surface area contributed by atoms with Gasteiger partial charge in [-0.1, -0.05) is 37.8 Å². The zero-order valence-electron chi connectivity index (χ0n) is 19.6. The number of aliphatic imine (C=N–C) groups is 1. The number of nitrogens with one attached hydrogen (secondary N) is 3. The van der Waals surface area contributed by atoms with Crippen molar-refractivity contribution in [2.75, 3.05) is 33.0 Å². The van der Waals surface area contributed by atoms with E-state index in [1.807, 2.05) is 38.4 Å². The summed E-state index contributed by atoms with van der Waals surface area (Å²) in [6.45, 7) is 1.17. The Balaban J connectivity index is 0.00000363. The molecule has 7 nitrogen and oxygen atoms in total. The highest BCUT2D eigenvalue weighted by atomic mass is 127. The highest BCUT2D eigenvalue weighted by Gasteiger charge is 2.42. The van der Waals surface area contributed by atoms with Gasteiger partial charge in [0.25, 0.3) is 0 Å². The Morgan fingerprint density at radius 3 is 2.41 bits per heavy atom. The molecule has 2 aliphatic rings. The van der Waals surface area contributed by atoms with E-state index in [2.05, 4.69) is 20.9 Å². The second kappa shape index (κ2) is 12.4. The molecule has 2 fully saturated rings. The van der Waals surface area contributed by atoms with Crippen LogP contribution >= 0.6 is 24.0 Å². The summed E-state index contributed by atoms with van der Waals surface area (Å²) in [6.07, 6.45) is 8.29. The fraction of sp³-hybridized carbons (Fsp3) is 0.625. The van der Waals surface area contributed by atoms with Gasteiger partial charge in [-0.25, -0.2) is 0 Å². The fourth-order valence-corrected chi connectivity index (χ4v) is 4.84. The summed E-state index contributed by atoms with van der Waals surface area (Å²) >= 11 is 0. The van der Waals surface area contributed by atoms with E-state index < -0.39 is 0 Å². The Morgan fingerprint density at radius 1 is 1.09 bits per heavy atom. The predicted octanol–water partition coefficient (Wildman–Crippen LogP) is 3.75. The molecule has 178 valence electrons. The molecule has 0 spiro atoms. The Morgan fingerprint density at radius 2 is 1.78 bits per heavy atom. The highest BCUT2D eigenvalue weighted by molar-refractivity contribution is 14.0. The summed E-state index contributed by atoms with van der Waals surface area (Å²) in [5.74, 6) is 1.15.